The number of hydrogen-bond donors (Lipinski definition) is 2. The number of carbonyl (C=O) groups is 2. The monoisotopic (exact) mass is 397 g/mol. The Morgan fingerprint density at radius 2 is 1.67 bits per heavy atom. The number of quaternary nitrogens is 1. The highest BCUT2D eigenvalue weighted by molar-refractivity contribution is 7.89. The zero-order valence-corrected chi connectivity index (χ0v) is 17.0. The van der Waals surface area contributed by atoms with Crippen LogP contribution in [-0.4, -0.2) is 75.3 Å². The zero-order chi connectivity index (χ0) is 20.0. The normalized spacial score (nSPS) is 15.8. The van der Waals surface area contributed by atoms with Gasteiger partial charge in [0.15, 0.2) is 6.54 Å². The molecule has 8 nitrogen and oxygen atoms in total. The van der Waals surface area contributed by atoms with Gasteiger partial charge in [0.1, 0.15) is 0 Å². The SMILES string of the molecule is CCN(CC)S(=O)(=O)c1ccc(NC(=O)C[NH+]2CCN(C(C)=O)CC2)cc1. The standard InChI is InChI=1S/C18H28N4O4S/c1-4-22(5-2)27(25,26)17-8-6-16(7-9-17)19-18(24)14-20-10-12-21(13-11-20)15(3)23/h6-9H,4-5,10-14H2,1-3H3,(H,19,24)/p+1. The maximum absolute atomic E-state index is 12.5. The average Bonchev–Trinajstić information content (AvgIpc) is 2.63. The summed E-state index contributed by atoms with van der Waals surface area (Å²) in [7, 11) is -3.50. The minimum atomic E-state index is -3.50. The predicted molar refractivity (Wildman–Crippen MR) is 103 cm³/mol. The van der Waals surface area contributed by atoms with Crippen LogP contribution in [0.25, 0.3) is 0 Å². The Morgan fingerprint density at radius 3 is 2.15 bits per heavy atom. The molecule has 1 heterocycles. The number of piperazine rings is 1. The summed E-state index contributed by atoms with van der Waals surface area (Å²) in [6.45, 7) is 9.12. The van der Waals surface area contributed by atoms with Gasteiger partial charge in [-0.1, -0.05) is 13.8 Å². The fourth-order valence-electron chi connectivity index (χ4n) is 3.17. The summed E-state index contributed by atoms with van der Waals surface area (Å²) in [5, 5.41) is 2.81. The molecule has 2 N–H and O–H groups in total. The van der Waals surface area contributed by atoms with E-state index < -0.39 is 10.0 Å². The van der Waals surface area contributed by atoms with Crippen LogP contribution in [0, 0.1) is 0 Å². The quantitative estimate of drug-likeness (QED) is 0.643. The predicted octanol–water partition coefficient (Wildman–Crippen LogP) is -0.597. The lowest BCUT2D eigenvalue weighted by atomic mass is 10.3. The van der Waals surface area contributed by atoms with E-state index in [4.69, 9.17) is 0 Å². The molecule has 0 unspecified atom stereocenters. The lowest BCUT2D eigenvalue weighted by Crippen LogP contribution is -3.15. The Bertz CT molecular complexity index is 752. The third-order valence-corrected chi connectivity index (χ3v) is 6.87. The summed E-state index contributed by atoms with van der Waals surface area (Å²) < 4.78 is 26.3. The molecule has 0 aliphatic carbocycles. The topological polar surface area (TPSA) is 91.2 Å². The second-order valence-corrected chi connectivity index (χ2v) is 8.53. The van der Waals surface area contributed by atoms with Crippen molar-refractivity contribution in [3.8, 4) is 0 Å². The van der Waals surface area contributed by atoms with Gasteiger partial charge in [-0.3, -0.25) is 9.59 Å². The van der Waals surface area contributed by atoms with Crippen molar-refractivity contribution < 1.29 is 22.9 Å². The van der Waals surface area contributed by atoms with Crippen LogP contribution in [0.1, 0.15) is 20.8 Å². The van der Waals surface area contributed by atoms with Gasteiger partial charge in [0.2, 0.25) is 15.9 Å². The molecule has 0 aromatic heterocycles. The van der Waals surface area contributed by atoms with Crippen molar-refractivity contribution in [3.63, 3.8) is 0 Å². The molecule has 1 aliphatic heterocycles. The van der Waals surface area contributed by atoms with Crippen LogP contribution in [0.2, 0.25) is 0 Å². The van der Waals surface area contributed by atoms with E-state index >= 15 is 0 Å². The van der Waals surface area contributed by atoms with Gasteiger partial charge in [-0.25, -0.2) is 8.42 Å². The Kier molecular flexibility index (Phi) is 7.34. The molecule has 27 heavy (non-hydrogen) atoms. The van der Waals surface area contributed by atoms with Gasteiger partial charge in [0, 0.05) is 25.7 Å². The van der Waals surface area contributed by atoms with Crippen molar-refractivity contribution in [3.05, 3.63) is 24.3 Å². The fourth-order valence-corrected chi connectivity index (χ4v) is 4.63. The number of amides is 2. The maximum Gasteiger partial charge on any atom is 0.279 e. The van der Waals surface area contributed by atoms with Crippen molar-refractivity contribution in [1.82, 2.24) is 9.21 Å². The molecule has 0 bridgehead atoms. The first kappa shape index (κ1) is 21.3. The highest BCUT2D eigenvalue weighted by Crippen LogP contribution is 2.18. The molecule has 1 aliphatic rings. The van der Waals surface area contributed by atoms with Crippen LogP contribution >= 0.6 is 0 Å². The van der Waals surface area contributed by atoms with Crippen LogP contribution in [0.15, 0.2) is 29.2 Å². The number of sulfonamides is 1. The van der Waals surface area contributed by atoms with Gasteiger partial charge in [-0.15, -0.1) is 0 Å². The van der Waals surface area contributed by atoms with E-state index in [0.29, 0.717) is 38.4 Å². The van der Waals surface area contributed by atoms with Crippen LogP contribution in [-0.2, 0) is 19.6 Å². The van der Waals surface area contributed by atoms with Gasteiger partial charge in [0.25, 0.3) is 5.91 Å². The summed E-state index contributed by atoms with van der Waals surface area (Å²) in [6.07, 6.45) is 0. The van der Waals surface area contributed by atoms with E-state index in [1.807, 2.05) is 0 Å². The fraction of sp³-hybridized carbons (Fsp3) is 0.556. The summed E-state index contributed by atoms with van der Waals surface area (Å²) in [4.78, 5) is 26.7. The smallest absolute Gasteiger partial charge is 0.279 e. The summed E-state index contributed by atoms with van der Waals surface area (Å²) in [6, 6.07) is 6.25. The average molecular weight is 398 g/mol. The molecule has 2 rings (SSSR count). The van der Waals surface area contributed by atoms with Crippen LogP contribution in [0.5, 0.6) is 0 Å². The van der Waals surface area contributed by atoms with E-state index in [1.165, 1.54) is 16.4 Å². The molecule has 1 fully saturated rings. The molecule has 1 saturated heterocycles. The Balaban J connectivity index is 1.91. The van der Waals surface area contributed by atoms with Gasteiger partial charge in [-0.2, -0.15) is 4.31 Å². The van der Waals surface area contributed by atoms with E-state index in [0.717, 1.165) is 18.0 Å². The molecule has 1 aromatic carbocycles. The van der Waals surface area contributed by atoms with Crippen LogP contribution in [0.3, 0.4) is 0 Å². The van der Waals surface area contributed by atoms with Crippen molar-refractivity contribution in [2.75, 3.05) is 51.1 Å². The van der Waals surface area contributed by atoms with Gasteiger partial charge >= 0.3 is 0 Å². The molecular formula is C18H29N4O4S+. The molecule has 2 amide bonds. The Hall–Kier alpha value is -1.97. The number of nitrogens with zero attached hydrogens (tertiary/aromatic N) is 2. The minimum Gasteiger partial charge on any atom is -0.332 e. The second-order valence-electron chi connectivity index (χ2n) is 6.59. The molecule has 0 saturated carbocycles. The molecular weight excluding hydrogens is 368 g/mol. The van der Waals surface area contributed by atoms with Gasteiger partial charge in [-0.05, 0) is 24.3 Å². The van der Waals surface area contributed by atoms with E-state index in [1.54, 1.807) is 37.8 Å². The highest BCUT2D eigenvalue weighted by Gasteiger charge is 2.24. The largest absolute Gasteiger partial charge is 0.332 e. The molecule has 0 radical (unpaired) electrons. The first-order valence-electron chi connectivity index (χ1n) is 9.27. The van der Waals surface area contributed by atoms with E-state index in [-0.39, 0.29) is 16.7 Å². The Morgan fingerprint density at radius 1 is 1.11 bits per heavy atom. The molecule has 9 heteroatoms. The van der Waals surface area contributed by atoms with Gasteiger partial charge in [0.05, 0.1) is 31.1 Å². The van der Waals surface area contributed by atoms with Crippen molar-refractivity contribution in [2.24, 2.45) is 0 Å². The lowest BCUT2D eigenvalue weighted by Gasteiger charge is -2.31. The van der Waals surface area contributed by atoms with Crippen LogP contribution < -0.4 is 10.2 Å². The first-order chi connectivity index (χ1) is 12.8. The molecule has 150 valence electrons. The number of benzene rings is 1. The van der Waals surface area contributed by atoms with E-state index in [2.05, 4.69) is 5.32 Å². The summed E-state index contributed by atoms with van der Waals surface area (Å²) in [5.41, 5.74) is 0.570. The van der Waals surface area contributed by atoms with E-state index in [9.17, 15) is 18.0 Å². The number of hydrogen-bond acceptors (Lipinski definition) is 4. The number of nitrogens with one attached hydrogen (secondary N) is 2. The third kappa shape index (κ3) is 5.50. The molecule has 1 aromatic rings. The highest BCUT2D eigenvalue weighted by atomic mass is 32.2. The van der Waals surface area contributed by atoms with Crippen molar-refractivity contribution in [2.45, 2.75) is 25.7 Å². The van der Waals surface area contributed by atoms with Crippen molar-refractivity contribution >= 4 is 27.5 Å². The van der Waals surface area contributed by atoms with Gasteiger partial charge < -0.3 is 15.1 Å². The third-order valence-electron chi connectivity index (χ3n) is 4.81. The lowest BCUT2D eigenvalue weighted by molar-refractivity contribution is -0.895. The second kappa shape index (κ2) is 9.29. The molecule has 0 spiro atoms. The first-order valence-corrected chi connectivity index (χ1v) is 10.7. The minimum absolute atomic E-state index is 0.0678. The number of anilines is 1. The number of rotatable bonds is 7. The summed E-state index contributed by atoms with van der Waals surface area (Å²) in [5.74, 6) is -0.0566. The summed E-state index contributed by atoms with van der Waals surface area (Å²) >= 11 is 0. The molecule has 0 atom stereocenters. The Labute approximate surface area is 161 Å². The zero-order valence-electron chi connectivity index (χ0n) is 16.2. The maximum atomic E-state index is 12.5. The number of carbonyl (C=O) groups excluding carboxylic acids is 2. The van der Waals surface area contributed by atoms with Crippen molar-refractivity contribution in [1.29, 1.82) is 0 Å². The van der Waals surface area contributed by atoms with Crippen LogP contribution in [0.4, 0.5) is 5.69 Å².